The average molecular weight is 331 g/mol. The summed E-state index contributed by atoms with van der Waals surface area (Å²) >= 11 is 12.1. The molecule has 0 aliphatic rings. The van der Waals surface area contributed by atoms with Crippen LogP contribution in [-0.4, -0.2) is 23.4 Å². The highest BCUT2D eigenvalue weighted by molar-refractivity contribution is 6.39. The molecule has 0 spiro atoms. The van der Waals surface area contributed by atoms with Crippen LogP contribution >= 0.6 is 23.2 Å². The van der Waals surface area contributed by atoms with E-state index in [0.717, 1.165) is 12.8 Å². The van der Waals surface area contributed by atoms with Gasteiger partial charge in [0.25, 0.3) is 5.91 Å². The van der Waals surface area contributed by atoms with Crippen LogP contribution in [0.25, 0.3) is 0 Å². The van der Waals surface area contributed by atoms with Gasteiger partial charge in [-0.2, -0.15) is 0 Å². The lowest BCUT2D eigenvalue weighted by molar-refractivity contribution is 0.0640. The highest BCUT2D eigenvalue weighted by atomic mass is 35.5. The number of nitrogen functional groups attached to an aromatic ring is 1. The van der Waals surface area contributed by atoms with Crippen LogP contribution in [0.3, 0.4) is 0 Å². The van der Waals surface area contributed by atoms with Crippen molar-refractivity contribution < 1.29 is 4.79 Å². The van der Waals surface area contributed by atoms with Crippen LogP contribution in [0, 0.1) is 5.92 Å². The van der Waals surface area contributed by atoms with Crippen LogP contribution in [0.4, 0.5) is 5.69 Å². The maximum atomic E-state index is 12.8. The summed E-state index contributed by atoms with van der Waals surface area (Å²) in [5.74, 6) is 0.357. The molecule has 0 heterocycles. The molecule has 0 aliphatic heterocycles. The largest absolute Gasteiger partial charge is 0.396 e. The van der Waals surface area contributed by atoms with Crippen molar-refractivity contribution in [1.82, 2.24) is 4.90 Å². The maximum Gasteiger partial charge on any atom is 0.254 e. The van der Waals surface area contributed by atoms with Crippen LogP contribution in [0.15, 0.2) is 12.1 Å². The van der Waals surface area contributed by atoms with Gasteiger partial charge in [-0.25, -0.2) is 0 Å². The lowest BCUT2D eigenvalue weighted by Gasteiger charge is -2.32. The molecule has 0 bridgehead atoms. The molecule has 1 aromatic rings. The van der Waals surface area contributed by atoms with Crippen LogP contribution in [0.2, 0.25) is 10.0 Å². The highest BCUT2D eigenvalue weighted by Gasteiger charge is 2.24. The topological polar surface area (TPSA) is 46.3 Å². The highest BCUT2D eigenvalue weighted by Crippen LogP contribution is 2.30. The van der Waals surface area contributed by atoms with E-state index in [1.807, 2.05) is 4.90 Å². The third-order valence-corrected chi connectivity index (χ3v) is 4.16. The minimum atomic E-state index is -0.0406. The summed E-state index contributed by atoms with van der Waals surface area (Å²) < 4.78 is 0. The SMILES string of the molecule is CCC(CC)N(CC(C)C)C(=O)c1cc(Cl)c(N)c(Cl)c1. The van der Waals surface area contributed by atoms with E-state index in [9.17, 15) is 4.79 Å². The van der Waals surface area contributed by atoms with Gasteiger partial charge in [-0.1, -0.05) is 50.9 Å². The first-order valence-corrected chi connectivity index (χ1v) is 8.12. The van der Waals surface area contributed by atoms with E-state index >= 15 is 0 Å². The van der Waals surface area contributed by atoms with Crippen molar-refractivity contribution in [2.45, 2.75) is 46.6 Å². The quantitative estimate of drug-likeness (QED) is 0.757. The van der Waals surface area contributed by atoms with E-state index in [-0.39, 0.29) is 11.9 Å². The first-order chi connectivity index (χ1) is 9.81. The Labute approximate surface area is 137 Å². The van der Waals surface area contributed by atoms with Crippen molar-refractivity contribution >= 4 is 34.8 Å². The number of hydrogen-bond donors (Lipinski definition) is 1. The minimum absolute atomic E-state index is 0.0406. The number of benzene rings is 1. The summed E-state index contributed by atoms with van der Waals surface area (Å²) in [5.41, 5.74) is 6.54. The molecule has 0 saturated heterocycles. The van der Waals surface area contributed by atoms with Gasteiger partial charge < -0.3 is 10.6 Å². The van der Waals surface area contributed by atoms with Gasteiger partial charge in [0.15, 0.2) is 0 Å². The van der Waals surface area contributed by atoms with Gasteiger partial charge >= 0.3 is 0 Å². The number of carbonyl (C=O) groups excluding carboxylic acids is 1. The molecule has 3 nitrogen and oxygen atoms in total. The molecular weight excluding hydrogens is 307 g/mol. The van der Waals surface area contributed by atoms with Crippen molar-refractivity contribution in [1.29, 1.82) is 0 Å². The van der Waals surface area contributed by atoms with Gasteiger partial charge in [0.05, 0.1) is 15.7 Å². The molecule has 0 aliphatic carbocycles. The van der Waals surface area contributed by atoms with Crippen LogP contribution < -0.4 is 5.73 Å². The molecule has 0 aromatic heterocycles. The van der Waals surface area contributed by atoms with Crippen LogP contribution in [-0.2, 0) is 0 Å². The van der Waals surface area contributed by atoms with Crippen LogP contribution in [0.1, 0.15) is 50.9 Å². The third kappa shape index (κ3) is 4.52. The molecule has 1 amide bonds. The number of nitrogens with zero attached hydrogens (tertiary/aromatic N) is 1. The van der Waals surface area contributed by atoms with Gasteiger partial charge in [0, 0.05) is 18.2 Å². The fraction of sp³-hybridized carbons (Fsp3) is 0.562. The normalized spacial score (nSPS) is 11.2. The third-order valence-electron chi connectivity index (χ3n) is 3.53. The molecule has 0 saturated carbocycles. The first kappa shape index (κ1) is 18.1. The Balaban J connectivity index is 3.15. The van der Waals surface area contributed by atoms with E-state index in [1.165, 1.54) is 0 Å². The fourth-order valence-corrected chi connectivity index (χ4v) is 2.88. The molecule has 0 atom stereocenters. The molecule has 0 radical (unpaired) electrons. The Hall–Kier alpha value is -0.930. The van der Waals surface area contributed by atoms with Gasteiger partial charge in [-0.3, -0.25) is 4.79 Å². The predicted octanol–water partition coefficient (Wildman–Crippen LogP) is 4.86. The Morgan fingerprint density at radius 1 is 1.19 bits per heavy atom. The second-order valence-electron chi connectivity index (χ2n) is 5.68. The zero-order valence-electron chi connectivity index (χ0n) is 13.1. The van der Waals surface area contributed by atoms with E-state index < -0.39 is 0 Å². The molecule has 118 valence electrons. The number of nitrogens with two attached hydrogens (primary N) is 1. The summed E-state index contributed by atoms with van der Waals surface area (Å²) in [7, 11) is 0. The van der Waals surface area contributed by atoms with Crippen molar-refractivity contribution in [3.63, 3.8) is 0 Å². The van der Waals surface area contributed by atoms with Crippen molar-refractivity contribution in [2.24, 2.45) is 5.92 Å². The van der Waals surface area contributed by atoms with Crippen molar-refractivity contribution in [3.05, 3.63) is 27.7 Å². The first-order valence-electron chi connectivity index (χ1n) is 7.37. The lowest BCUT2D eigenvalue weighted by Crippen LogP contribution is -2.42. The molecule has 0 unspecified atom stereocenters. The summed E-state index contributed by atoms with van der Waals surface area (Å²) in [6, 6.07) is 3.41. The molecule has 21 heavy (non-hydrogen) atoms. The summed E-state index contributed by atoms with van der Waals surface area (Å²) in [5, 5.41) is 0.639. The predicted molar refractivity (Wildman–Crippen MR) is 91.1 cm³/mol. The standard InChI is InChI=1S/C16H24Cl2N2O/c1-5-12(6-2)20(9-10(3)4)16(21)11-7-13(17)15(19)14(18)8-11/h7-8,10,12H,5-6,9,19H2,1-4H3. The zero-order chi connectivity index (χ0) is 16.2. The summed E-state index contributed by atoms with van der Waals surface area (Å²) in [6.45, 7) is 9.11. The molecule has 1 aromatic carbocycles. The lowest BCUT2D eigenvalue weighted by atomic mass is 10.0. The smallest absolute Gasteiger partial charge is 0.254 e. The average Bonchev–Trinajstić information content (AvgIpc) is 2.43. The number of halogens is 2. The number of hydrogen-bond acceptors (Lipinski definition) is 2. The Morgan fingerprint density at radius 3 is 2.05 bits per heavy atom. The van der Waals surface area contributed by atoms with Crippen molar-refractivity contribution in [3.8, 4) is 0 Å². The summed E-state index contributed by atoms with van der Waals surface area (Å²) in [6.07, 6.45) is 1.84. The van der Waals surface area contributed by atoms with E-state index in [0.29, 0.717) is 33.8 Å². The number of anilines is 1. The van der Waals surface area contributed by atoms with Gasteiger partial charge in [-0.15, -0.1) is 0 Å². The van der Waals surface area contributed by atoms with Gasteiger partial charge in [0.1, 0.15) is 0 Å². The molecular formula is C16H24Cl2N2O. The number of amides is 1. The summed E-state index contributed by atoms with van der Waals surface area (Å²) in [4.78, 5) is 14.7. The van der Waals surface area contributed by atoms with Crippen molar-refractivity contribution in [2.75, 3.05) is 12.3 Å². The Bertz CT molecular complexity index is 476. The Kier molecular flexibility index (Phi) is 6.82. The van der Waals surface area contributed by atoms with E-state index in [1.54, 1.807) is 12.1 Å². The Morgan fingerprint density at radius 2 is 1.67 bits per heavy atom. The maximum absolute atomic E-state index is 12.8. The van der Waals surface area contributed by atoms with E-state index in [2.05, 4.69) is 27.7 Å². The number of rotatable bonds is 6. The van der Waals surface area contributed by atoms with E-state index in [4.69, 9.17) is 28.9 Å². The monoisotopic (exact) mass is 330 g/mol. The molecule has 0 fully saturated rings. The minimum Gasteiger partial charge on any atom is -0.396 e. The van der Waals surface area contributed by atoms with Crippen LogP contribution in [0.5, 0.6) is 0 Å². The van der Waals surface area contributed by atoms with Gasteiger partial charge in [-0.05, 0) is 30.9 Å². The van der Waals surface area contributed by atoms with Gasteiger partial charge in [0.2, 0.25) is 0 Å². The molecule has 5 heteroatoms. The zero-order valence-corrected chi connectivity index (χ0v) is 14.6. The molecule has 2 N–H and O–H groups in total. The fourth-order valence-electron chi connectivity index (χ4n) is 2.39. The molecule has 1 rings (SSSR count). The number of carbonyl (C=O) groups is 1. The second-order valence-corrected chi connectivity index (χ2v) is 6.49. The second kappa shape index (κ2) is 7.90.